The van der Waals surface area contributed by atoms with Gasteiger partial charge in [0.25, 0.3) is 0 Å². The monoisotopic (exact) mass is 288 g/mol. The summed E-state index contributed by atoms with van der Waals surface area (Å²) in [5.41, 5.74) is 4.22. The van der Waals surface area contributed by atoms with Crippen molar-refractivity contribution in [2.45, 2.75) is 13.8 Å². The maximum Gasteiger partial charge on any atom is 0.159 e. The first-order valence-corrected chi connectivity index (χ1v) is 7.15. The van der Waals surface area contributed by atoms with E-state index in [0.29, 0.717) is 5.56 Å². The van der Waals surface area contributed by atoms with Gasteiger partial charge in [0.1, 0.15) is 0 Å². The lowest BCUT2D eigenvalue weighted by molar-refractivity contribution is 0.101. The zero-order valence-corrected chi connectivity index (χ0v) is 12.6. The van der Waals surface area contributed by atoms with E-state index in [1.54, 1.807) is 13.1 Å². The van der Waals surface area contributed by atoms with Crippen LogP contribution >= 0.6 is 0 Å². The SMILES string of the molecule is CC(=O)c1cccc(C(C)=Nc2cccc3cccnc23)c1. The van der Waals surface area contributed by atoms with Gasteiger partial charge >= 0.3 is 0 Å². The summed E-state index contributed by atoms with van der Waals surface area (Å²) in [7, 11) is 0. The Morgan fingerprint density at radius 1 is 0.955 bits per heavy atom. The molecule has 108 valence electrons. The first kappa shape index (κ1) is 14.1. The largest absolute Gasteiger partial charge is 0.295 e. The number of carbonyl (C=O) groups is 1. The van der Waals surface area contributed by atoms with Crippen molar-refractivity contribution < 1.29 is 4.79 Å². The number of nitrogens with zero attached hydrogens (tertiary/aromatic N) is 2. The summed E-state index contributed by atoms with van der Waals surface area (Å²) in [5, 5.41) is 1.06. The van der Waals surface area contributed by atoms with Gasteiger partial charge < -0.3 is 0 Å². The Morgan fingerprint density at radius 2 is 1.68 bits per heavy atom. The van der Waals surface area contributed by atoms with E-state index >= 15 is 0 Å². The van der Waals surface area contributed by atoms with Gasteiger partial charge in [-0.1, -0.05) is 36.4 Å². The van der Waals surface area contributed by atoms with Crippen LogP contribution in [0.3, 0.4) is 0 Å². The van der Waals surface area contributed by atoms with Crippen LogP contribution in [-0.4, -0.2) is 16.5 Å². The van der Waals surface area contributed by atoms with Crippen LogP contribution in [0.15, 0.2) is 65.8 Å². The van der Waals surface area contributed by atoms with Crippen LogP contribution in [0.1, 0.15) is 29.8 Å². The first-order chi connectivity index (χ1) is 10.6. The molecule has 0 aliphatic heterocycles. The van der Waals surface area contributed by atoms with E-state index < -0.39 is 0 Å². The smallest absolute Gasteiger partial charge is 0.159 e. The van der Waals surface area contributed by atoms with Crippen LogP contribution in [0.2, 0.25) is 0 Å². The molecule has 0 spiro atoms. The number of hydrogen-bond donors (Lipinski definition) is 0. The van der Waals surface area contributed by atoms with E-state index in [1.165, 1.54) is 0 Å². The molecule has 1 heterocycles. The van der Waals surface area contributed by atoms with Crippen molar-refractivity contribution >= 4 is 28.1 Å². The molecule has 0 saturated carbocycles. The molecule has 3 nitrogen and oxygen atoms in total. The molecule has 0 N–H and O–H groups in total. The van der Waals surface area contributed by atoms with Gasteiger partial charge in [-0.3, -0.25) is 14.8 Å². The Hall–Kier alpha value is -2.81. The fourth-order valence-corrected chi connectivity index (χ4v) is 2.39. The maximum absolute atomic E-state index is 11.5. The molecular weight excluding hydrogens is 272 g/mol. The van der Waals surface area contributed by atoms with Crippen LogP contribution < -0.4 is 0 Å². The predicted molar refractivity (Wildman–Crippen MR) is 90.1 cm³/mol. The molecule has 3 aromatic rings. The number of ketones is 1. The topological polar surface area (TPSA) is 42.3 Å². The number of Topliss-reactive ketones (excluding diaryl/α,β-unsaturated/α-hetero) is 1. The number of rotatable bonds is 3. The lowest BCUT2D eigenvalue weighted by Crippen LogP contribution is -1.98. The van der Waals surface area contributed by atoms with E-state index in [4.69, 9.17) is 4.99 Å². The van der Waals surface area contributed by atoms with Gasteiger partial charge in [-0.2, -0.15) is 0 Å². The second-order valence-electron chi connectivity index (χ2n) is 5.19. The van der Waals surface area contributed by atoms with E-state index in [1.807, 2.05) is 61.5 Å². The first-order valence-electron chi connectivity index (χ1n) is 7.15. The quantitative estimate of drug-likeness (QED) is 0.523. The molecule has 3 rings (SSSR count). The van der Waals surface area contributed by atoms with Gasteiger partial charge in [0.15, 0.2) is 5.78 Å². The molecule has 0 aliphatic rings. The molecule has 0 bridgehead atoms. The number of para-hydroxylation sites is 1. The Balaban J connectivity index is 2.07. The number of hydrogen-bond acceptors (Lipinski definition) is 3. The second kappa shape index (κ2) is 5.90. The Kier molecular flexibility index (Phi) is 3.79. The second-order valence-corrected chi connectivity index (χ2v) is 5.19. The van der Waals surface area contributed by atoms with Crippen molar-refractivity contribution in [3.63, 3.8) is 0 Å². The summed E-state index contributed by atoms with van der Waals surface area (Å²) in [5.74, 6) is 0.0569. The van der Waals surface area contributed by atoms with Crippen molar-refractivity contribution in [2.24, 2.45) is 4.99 Å². The Morgan fingerprint density at radius 3 is 2.50 bits per heavy atom. The highest BCUT2D eigenvalue weighted by Crippen LogP contribution is 2.24. The summed E-state index contributed by atoms with van der Waals surface area (Å²) in [6.07, 6.45) is 1.77. The number of carbonyl (C=O) groups excluding carboxylic acids is 1. The molecule has 0 saturated heterocycles. The molecule has 1 aromatic heterocycles. The maximum atomic E-state index is 11.5. The van der Waals surface area contributed by atoms with Gasteiger partial charge in [0.05, 0.1) is 11.2 Å². The summed E-state index contributed by atoms with van der Waals surface area (Å²) >= 11 is 0. The molecule has 0 fully saturated rings. The molecule has 2 aromatic carbocycles. The number of pyridine rings is 1. The number of aliphatic imine (C=N–C) groups is 1. The highest BCUT2D eigenvalue weighted by Gasteiger charge is 2.05. The molecule has 0 amide bonds. The number of fused-ring (bicyclic) bond motifs is 1. The van der Waals surface area contributed by atoms with Crippen LogP contribution in [0, 0.1) is 0 Å². The van der Waals surface area contributed by atoms with Crippen molar-refractivity contribution in [3.05, 3.63) is 71.9 Å². The third-order valence-electron chi connectivity index (χ3n) is 3.59. The van der Waals surface area contributed by atoms with Crippen LogP contribution in [-0.2, 0) is 0 Å². The summed E-state index contributed by atoms with van der Waals surface area (Å²) in [6, 6.07) is 17.4. The van der Waals surface area contributed by atoms with Crippen LogP contribution in [0.25, 0.3) is 10.9 Å². The standard InChI is InChI=1S/C19H16N2O/c1-13(16-7-3-8-17(12-16)14(2)22)21-18-10-4-6-15-9-5-11-20-19(15)18/h3-12H,1-2H3. The Labute approximate surface area is 129 Å². The zero-order valence-electron chi connectivity index (χ0n) is 12.6. The fourth-order valence-electron chi connectivity index (χ4n) is 2.39. The van der Waals surface area contributed by atoms with E-state index in [-0.39, 0.29) is 5.78 Å². The number of aromatic nitrogens is 1. The highest BCUT2D eigenvalue weighted by atomic mass is 16.1. The number of benzene rings is 2. The van der Waals surface area contributed by atoms with Crippen LogP contribution in [0.4, 0.5) is 5.69 Å². The van der Waals surface area contributed by atoms with Crippen LogP contribution in [0.5, 0.6) is 0 Å². The van der Waals surface area contributed by atoms with Crippen molar-refractivity contribution in [2.75, 3.05) is 0 Å². The minimum atomic E-state index is 0.0569. The molecule has 0 radical (unpaired) electrons. The minimum absolute atomic E-state index is 0.0569. The lowest BCUT2D eigenvalue weighted by Gasteiger charge is -2.05. The predicted octanol–water partition coefficient (Wildman–Crippen LogP) is 4.58. The van der Waals surface area contributed by atoms with E-state index in [9.17, 15) is 4.79 Å². The third-order valence-corrected chi connectivity index (χ3v) is 3.59. The average molecular weight is 288 g/mol. The third kappa shape index (κ3) is 2.79. The minimum Gasteiger partial charge on any atom is -0.295 e. The zero-order chi connectivity index (χ0) is 15.5. The average Bonchev–Trinajstić information content (AvgIpc) is 2.55. The lowest BCUT2D eigenvalue weighted by atomic mass is 10.1. The molecule has 0 atom stereocenters. The summed E-state index contributed by atoms with van der Waals surface area (Å²) in [4.78, 5) is 20.6. The molecular formula is C19H16N2O. The van der Waals surface area contributed by atoms with Gasteiger partial charge in [0.2, 0.25) is 0 Å². The van der Waals surface area contributed by atoms with Crippen molar-refractivity contribution in [1.82, 2.24) is 4.98 Å². The molecule has 22 heavy (non-hydrogen) atoms. The van der Waals surface area contributed by atoms with Gasteiger partial charge in [-0.05, 0) is 37.6 Å². The van der Waals surface area contributed by atoms with Gasteiger partial charge in [-0.15, -0.1) is 0 Å². The molecule has 3 heteroatoms. The van der Waals surface area contributed by atoms with Gasteiger partial charge in [-0.25, -0.2) is 0 Å². The fraction of sp³-hybridized carbons (Fsp3) is 0.105. The molecule has 0 unspecified atom stereocenters. The van der Waals surface area contributed by atoms with E-state index in [2.05, 4.69) is 4.98 Å². The highest BCUT2D eigenvalue weighted by molar-refractivity contribution is 6.04. The summed E-state index contributed by atoms with van der Waals surface area (Å²) < 4.78 is 0. The van der Waals surface area contributed by atoms with Crippen molar-refractivity contribution in [1.29, 1.82) is 0 Å². The Bertz CT molecular complexity index is 876. The van der Waals surface area contributed by atoms with E-state index in [0.717, 1.165) is 27.9 Å². The molecule has 0 aliphatic carbocycles. The normalized spacial score (nSPS) is 11.6. The van der Waals surface area contributed by atoms with Gasteiger partial charge in [0, 0.05) is 22.9 Å². The van der Waals surface area contributed by atoms with Crippen molar-refractivity contribution in [3.8, 4) is 0 Å². The summed E-state index contributed by atoms with van der Waals surface area (Å²) in [6.45, 7) is 3.52.